The molecule has 5 nitrogen and oxygen atoms in total. The zero-order valence-corrected chi connectivity index (χ0v) is 18.0. The molecule has 2 aromatic heterocycles. The maximum Gasteiger partial charge on any atom is 0.261 e. The zero-order valence-electron chi connectivity index (χ0n) is 18.0. The van der Waals surface area contributed by atoms with Crippen LogP contribution in [0, 0.1) is 27.7 Å². The monoisotopic (exact) mass is 412 g/mol. The first kappa shape index (κ1) is 20.4. The van der Waals surface area contributed by atoms with Gasteiger partial charge in [-0.1, -0.05) is 30.3 Å². The van der Waals surface area contributed by atoms with Gasteiger partial charge in [0.25, 0.3) is 5.91 Å². The number of nitrogens with zero attached hydrogens (tertiary/aromatic N) is 1. The van der Waals surface area contributed by atoms with E-state index in [1.54, 1.807) is 12.1 Å². The molecule has 0 fully saturated rings. The average Bonchev–Trinajstić information content (AvgIpc) is 3.24. The summed E-state index contributed by atoms with van der Waals surface area (Å²) < 4.78 is 7.57. The lowest BCUT2D eigenvalue weighted by Crippen LogP contribution is -2.26. The molecule has 1 amide bonds. The van der Waals surface area contributed by atoms with Crippen molar-refractivity contribution in [3.63, 3.8) is 0 Å². The fraction of sp³-hybridized carbons (Fsp3) is 0.154. The number of furan rings is 1. The molecule has 0 spiro atoms. The van der Waals surface area contributed by atoms with Gasteiger partial charge in [0.1, 0.15) is 11.3 Å². The van der Waals surface area contributed by atoms with Gasteiger partial charge in [-0.05, 0) is 68.7 Å². The van der Waals surface area contributed by atoms with E-state index in [0.717, 1.165) is 22.4 Å². The Labute approximate surface area is 181 Å². The number of pyridine rings is 1. The standard InChI is InChI=1S/C26H24N2O3/c1-16-8-5-11-20(14-16)28-19(4)15-21(29)23(25(28)22-12-7-13-31-22)26(30)27-24-17(2)9-6-10-18(24)3/h5-15H,1-4H3,(H,27,30). The predicted molar refractivity (Wildman–Crippen MR) is 123 cm³/mol. The number of aromatic nitrogens is 1. The third kappa shape index (κ3) is 3.82. The van der Waals surface area contributed by atoms with Crippen LogP contribution >= 0.6 is 0 Å². The SMILES string of the molecule is Cc1cccc(-n2c(C)cc(=O)c(C(=O)Nc3c(C)cccc3C)c2-c2ccco2)c1. The average molecular weight is 412 g/mol. The van der Waals surface area contributed by atoms with Gasteiger partial charge in [0, 0.05) is 23.1 Å². The molecule has 156 valence electrons. The van der Waals surface area contributed by atoms with Gasteiger partial charge in [-0.3, -0.25) is 9.59 Å². The lowest BCUT2D eigenvalue weighted by molar-refractivity contribution is 0.102. The third-order valence-electron chi connectivity index (χ3n) is 5.36. The first-order chi connectivity index (χ1) is 14.9. The summed E-state index contributed by atoms with van der Waals surface area (Å²) in [7, 11) is 0. The van der Waals surface area contributed by atoms with Gasteiger partial charge in [-0.25, -0.2) is 0 Å². The first-order valence-electron chi connectivity index (χ1n) is 10.1. The summed E-state index contributed by atoms with van der Waals surface area (Å²) in [6.07, 6.45) is 1.54. The molecule has 0 saturated heterocycles. The van der Waals surface area contributed by atoms with Gasteiger partial charge in [-0.15, -0.1) is 0 Å². The summed E-state index contributed by atoms with van der Waals surface area (Å²) in [4.78, 5) is 26.5. The molecule has 0 aliphatic carbocycles. The zero-order chi connectivity index (χ0) is 22.1. The van der Waals surface area contributed by atoms with Crippen molar-refractivity contribution < 1.29 is 9.21 Å². The highest BCUT2D eigenvalue weighted by atomic mass is 16.3. The quantitative estimate of drug-likeness (QED) is 0.476. The van der Waals surface area contributed by atoms with Gasteiger partial charge in [0.15, 0.2) is 11.2 Å². The number of rotatable bonds is 4. The van der Waals surface area contributed by atoms with E-state index in [1.165, 1.54) is 12.3 Å². The summed E-state index contributed by atoms with van der Waals surface area (Å²) in [6, 6.07) is 18.7. The largest absolute Gasteiger partial charge is 0.463 e. The fourth-order valence-corrected chi connectivity index (χ4v) is 3.88. The molecule has 4 aromatic rings. The van der Waals surface area contributed by atoms with E-state index in [-0.39, 0.29) is 11.0 Å². The topological polar surface area (TPSA) is 64.2 Å². The summed E-state index contributed by atoms with van der Waals surface area (Å²) in [6.45, 7) is 7.71. The predicted octanol–water partition coefficient (Wildman–Crippen LogP) is 5.58. The normalized spacial score (nSPS) is 10.8. The van der Waals surface area contributed by atoms with Crippen LogP contribution in [0.4, 0.5) is 5.69 Å². The van der Waals surface area contributed by atoms with Crippen LogP contribution in [0.3, 0.4) is 0 Å². The van der Waals surface area contributed by atoms with Crippen LogP contribution in [0.5, 0.6) is 0 Å². The minimum absolute atomic E-state index is 0.0460. The Morgan fingerprint density at radius 2 is 1.61 bits per heavy atom. The number of carbonyl (C=O) groups is 1. The van der Waals surface area contributed by atoms with Crippen molar-refractivity contribution in [1.82, 2.24) is 4.57 Å². The number of aryl methyl sites for hydroxylation is 4. The summed E-state index contributed by atoms with van der Waals surface area (Å²) in [5.74, 6) is -0.0100. The van der Waals surface area contributed by atoms with Crippen LogP contribution in [-0.4, -0.2) is 10.5 Å². The maximum atomic E-state index is 13.5. The lowest BCUT2D eigenvalue weighted by atomic mass is 10.0. The van der Waals surface area contributed by atoms with E-state index in [1.807, 2.05) is 74.7 Å². The highest BCUT2D eigenvalue weighted by Crippen LogP contribution is 2.29. The molecule has 1 N–H and O–H groups in total. The molecule has 4 rings (SSSR count). The number of anilines is 1. The van der Waals surface area contributed by atoms with Crippen LogP contribution in [0.25, 0.3) is 17.1 Å². The maximum absolute atomic E-state index is 13.5. The second-order valence-electron chi connectivity index (χ2n) is 7.75. The minimum atomic E-state index is -0.463. The summed E-state index contributed by atoms with van der Waals surface area (Å²) >= 11 is 0. The van der Waals surface area contributed by atoms with Crippen molar-refractivity contribution in [3.05, 3.63) is 105 Å². The first-order valence-corrected chi connectivity index (χ1v) is 10.1. The molecule has 5 heteroatoms. The van der Waals surface area contributed by atoms with Gasteiger partial charge >= 0.3 is 0 Å². The summed E-state index contributed by atoms with van der Waals surface area (Å²) in [5, 5.41) is 2.95. The smallest absolute Gasteiger partial charge is 0.261 e. The molecular formula is C26H24N2O3. The molecule has 0 saturated carbocycles. The Morgan fingerprint density at radius 1 is 0.903 bits per heavy atom. The Kier molecular flexibility index (Phi) is 5.34. The number of para-hydroxylation sites is 1. The molecule has 2 heterocycles. The number of hydrogen-bond donors (Lipinski definition) is 1. The van der Waals surface area contributed by atoms with Gasteiger partial charge in [0.2, 0.25) is 0 Å². The van der Waals surface area contributed by atoms with E-state index >= 15 is 0 Å². The molecule has 0 aliphatic heterocycles. The number of benzene rings is 2. The highest BCUT2D eigenvalue weighted by Gasteiger charge is 2.25. The molecule has 0 unspecified atom stereocenters. The lowest BCUT2D eigenvalue weighted by Gasteiger charge is -2.20. The molecule has 0 atom stereocenters. The Bertz CT molecular complexity index is 1310. The fourth-order valence-electron chi connectivity index (χ4n) is 3.88. The molecular weight excluding hydrogens is 388 g/mol. The number of nitrogens with one attached hydrogen (secondary N) is 1. The van der Waals surface area contributed by atoms with E-state index in [4.69, 9.17) is 4.42 Å². The van der Waals surface area contributed by atoms with Gasteiger partial charge in [0.05, 0.1) is 6.26 Å². The van der Waals surface area contributed by atoms with Crippen LogP contribution in [0.2, 0.25) is 0 Å². The molecule has 0 radical (unpaired) electrons. The summed E-state index contributed by atoms with van der Waals surface area (Å²) in [5.41, 5.74) is 5.33. The Balaban J connectivity index is 1.97. The van der Waals surface area contributed by atoms with E-state index in [2.05, 4.69) is 5.32 Å². The van der Waals surface area contributed by atoms with Crippen LogP contribution < -0.4 is 10.7 Å². The molecule has 2 aromatic carbocycles. The molecule has 31 heavy (non-hydrogen) atoms. The highest BCUT2D eigenvalue weighted by molar-refractivity contribution is 6.08. The van der Waals surface area contributed by atoms with E-state index in [9.17, 15) is 9.59 Å². The van der Waals surface area contributed by atoms with E-state index in [0.29, 0.717) is 22.8 Å². The van der Waals surface area contributed by atoms with Crippen molar-refractivity contribution in [3.8, 4) is 17.1 Å². The second-order valence-corrected chi connectivity index (χ2v) is 7.75. The Morgan fingerprint density at radius 3 is 2.26 bits per heavy atom. The van der Waals surface area contributed by atoms with E-state index < -0.39 is 5.91 Å². The van der Waals surface area contributed by atoms with Crippen molar-refractivity contribution in [2.24, 2.45) is 0 Å². The van der Waals surface area contributed by atoms with Crippen molar-refractivity contribution >= 4 is 11.6 Å². The number of carbonyl (C=O) groups excluding carboxylic acids is 1. The van der Waals surface area contributed by atoms with Crippen LogP contribution in [-0.2, 0) is 0 Å². The van der Waals surface area contributed by atoms with Crippen molar-refractivity contribution in [2.75, 3.05) is 5.32 Å². The molecule has 0 bridgehead atoms. The number of amides is 1. The van der Waals surface area contributed by atoms with Gasteiger partial charge in [-0.2, -0.15) is 0 Å². The molecule has 0 aliphatic rings. The third-order valence-corrected chi connectivity index (χ3v) is 5.36. The van der Waals surface area contributed by atoms with Gasteiger partial charge < -0.3 is 14.3 Å². The van der Waals surface area contributed by atoms with Crippen LogP contribution in [0.1, 0.15) is 32.7 Å². The van der Waals surface area contributed by atoms with Crippen molar-refractivity contribution in [2.45, 2.75) is 27.7 Å². The van der Waals surface area contributed by atoms with Crippen LogP contribution in [0.15, 0.2) is 76.1 Å². The Hall–Kier alpha value is -3.86. The number of hydrogen-bond acceptors (Lipinski definition) is 3. The van der Waals surface area contributed by atoms with Crippen molar-refractivity contribution in [1.29, 1.82) is 0 Å². The minimum Gasteiger partial charge on any atom is -0.463 e. The second kappa shape index (κ2) is 8.11.